The van der Waals surface area contributed by atoms with Crippen LogP contribution in [0.15, 0.2) is 47.7 Å². The maximum Gasteiger partial charge on any atom is 0.191 e. The van der Waals surface area contributed by atoms with E-state index in [1.54, 1.807) is 6.20 Å². The Morgan fingerprint density at radius 3 is 2.48 bits per heavy atom. The molecular formula is C21H32N6. The summed E-state index contributed by atoms with van der Waals surface area (Å²) in [4.78, 5) is 6.96. The molecule has 1 aliphatic heterocycles. The molecule has 0 bridgehead atoms. The largest absolute Gasteiger partial charge is 0.355 e. The average Bonchev–Trinajstić information content (AvgIpc) is 3.24. The van der Waals surface area contributed by atoms with Crippen LogP contribution in [0.4, 0.5) is 0 Å². The normalized spacial score (nSPS) is 16.3. The zero-order chi connectivity index (χ0) is 19.1. The molecule has 0 unspecified atom stereocenters. The van der Waals surface area contributed by atoms with Crippen LogP contribution in [0, 0.1) is 0 Å². The summed E-state index contributed by atoms with van der Waals surface area (Å²) in [7, 11) is 1.82. The minimum absolute atomic E-state index is 0.128. The highest BCUT2D eigenvalue weighted by Gasteiger charge is 2.27. The Hall–Kier alpha value is -2.34. The Labute approximate surface area is 162 Å². The number of hydrogen-bond donors (Lipinski definition) is 2. The molecule has 1 saturated heterocycles. The van der Waals surface area contributed by atoms with Crippen molar-refractivity contribution in [3.63, 3.8) is 0 Å². The monoisotopic (exact) mass is 368 g/mol. The first kappa shape index (κ1) is 19.4. The first-order valence-electron chi connectivity index (χ1n) is 9.87. The molecule has 0 aliphatic carbocycles. The molecule has 3 rings (SSSR count). The highest BCUT2D eigenvalue weighted by molar-refractivity contribution is 5.79. The van der Waals surface area contributed by atoms with Crippen LogP contribution in [-0.2, 0) is 6.54 Å². The number of aromatic nitrogens is 2. The van der Waals surface area contributed by atoms with Crippen molar-refractivity contribution in [2.45, 2.75) is 45.2 Å². The molecule has 2 N–H and O–H groups in total. The van der Waals surface area contributed by atoms with Gasteiger partial charge in [0.2, 0.25) is 0 Å². The fourth-order valence-corrected chi connectivity index (χ4v) is 3.51. The number of nitrogens with zero attached hydrogens (tertiary/aromatic N) is 4. The predicted molar refractivity (Wildman–Crippen MR) is 111 cm³/mol. The minimum atomic E-state index is 0.128. The van der Waals surface area contributed by atoms with Crippen LogP contribution in [-0.4, -0.2) is 52.9 Å². The van der Waals surface area contributed by atoms with Gasteiger partial charge >= 0.3 is 0 Å². The number of piperidine rings is 1. The SMILES string of the molecule is CN=C(NCc1ccc(-n2cccn2)cc1)NCC(C)(C)N1CCCCC1. The molecule has 1 aromatic carbocycles. The van der Waals surface area contributed by atoms with Gasteiger partial charge in [-0.3, -0.25) is 9.89 Å². The van der Waals surface area contributed by atoms with E-state index in [0.717, 1.165) is 24.7 Å². The quantitative estimate of drug-likeness (QED) is 0.608. The molecule has 2 aromatic rings. The highest BCUT2D eigenvalue weighted by Crippen LogP contribution is 2.19. The van der Waals surface area contributed by atoms with E-state index in [0.29, 0.717) is 0 Å². The number of benzene rings is 1. The van der Waals surface area contributed by atoms with Gasteiger partial charge in [0.05, 0.1) is 5.69 Å². The Morgan fingerprint density at radius 2 is 1.85 bits per heavy atom. The van der Waals surface area contributed by atoms with Gasteiger partial charge in [0, 0.05) is 38.1 Å². The summed E-state index contributed by atoms with van der Waals surface area (Å²) >= 11 is 0. The molecule has 1 fully saturated rings. The number of rotatable bonds is 6. The predicted octanol–water partition coefficient (Wildman–Crippen LogP) is 2.80. The second-order valence-corrected chi connectivity index (χ2v) is 7.76. The molecule has 1 aliphatic rings. The fraction of sp³-hybridized carbons (Fsp3) is 0.524. The number of aliphatic imine (C=N–C) groups is 1. The maximum absolute atomic E-state index is 4.37. The molecule has 146 valence electrons. The summed E-state index contributed by atoms with van der Waals surface area (Å²) in [6.45, 7) is 8.64. The lowest BCUT2D eigenvalue weighted by Gasteiger charge is -2.41. The van der Waals surface area contributed by atoms with Crippen LogP contribution in [0.5, 0.6) is 0 Å². The molecule has 0 saturated carbocycles. The summed E-state index contributed by atoms with van der Waals surface area (Å²) in [6, 6.07) is 10.3. The van der Waals surface area contributed by atoms with Crippen LogP contribution in [0.3, 0.4) is 0 Å². The molecule has 6 nitrogen and oxygen atoms in total. The van der Waals surface area contributed by atoms with E-state index < -0.39 is 0 Å². The van der Waals surface area contributed by atoms with Gasteiger partial charge < -0.3 is 10.6 Å². The maximum atomic E-state index is 4.37. The molecule has 0 spiro atoms. The molecule has 27 heavy (non-hydrogen) atoms. The molecule has 0 atom stereocenters. The van der Waals surface area contributed by atoms with Crippen LogP contribution in [0.2, 0.25) is 0 Å². The number of nitrogens with one attached hydrogen (secondary N) is 2. The summed E-state index contributed by atoms with van der Waals surface area (Å²) in [5.74, 6) is 0.844. The van der Waals surface area contributed by atoms with E-state index >= 15 is 0 Å². The Kier molecular flexibility index (Phi) is 6.50. The standard InChI is InChI=1S/C21H32N6/c1-21(2,26-13-5-4-6-14-26)17-24-20(22-3)23-16-18-8-10-19(11-9-18)27-15-7-12-25-27/h7-12,15H,4-6,13-14,16-17H2,1-3H3,(H2,22,23,24). The Morgan fingerprint density at radius 1 is 1.11 bits per heavy atom. The summed E-state index contributed by atoms with van der Waals surface area (Å²) in [5.41, 5.74) is 2.40. The zero-order valence-corrected chi connectivity index (χ0v) is 16.8. The highest BCUT2D eigenvalue weighted by atomic mass is 15.3. The first-order valence-corrected chi connectivity index (χ1v) is 9.87. The van der Waals surface area contributed by atoms with Gasteiger partial charge in [-0.05, 0) is 63.5 Å². The third-order valence-corrected chi connectivity index (χ3v) is 5.29. The van der Waals surface area contributed by atoms with Crippen LogP contribution >= 0.6 is 0 Å². The smallest absolute Gasteiger partial charge is 0.191 e. The summed E-state index contributed by atoms with van der Waals surface area (Å²) in [5, 5.41) is 11.2. The van der Waals surface area contributed by atoms with Gasteiger partial charge in [-0.1, -0.05) is 18.6 Å². The molecule has 1 aromatic heterocycles. The van der Waals surface area contributed by atoms with Crippen LogP contribution in [0.25, 0.3) is 5.69 Å². The van der Waals surface area contributed by atoms with Crippen molar-refractivity contribution in [3.05, 3.63) is 48.3 Å². The van der Waals surface area contributed by atoms with Crippen molar-refractivity contribution in [2.24, 2.45) is 4.99 Å². The van der Waals surface area contributed by atoms with Crippen molar-refractivity contribution in [2.75, 3.05) is 26.7 Å². The molecule has 0 radical (unpaired) electrons. The second-order valence-electron chi connectivity index (χ2n) is 7.76. The van der Waals surface area contributed by atoms with Gasteiger partial charge in [0.25, 0.3) is 0 Å². The third-order valence-electron chi connectivity index (χ3n) is 5.29. The molecule has 2 heterocycles. The Bertz CT molecular complexity index is 712. The number of guanidine groups is 1. The van der Waals surface area contributed by atoms with Gasteiger partial charge in [-0.2, -0.15) is 5.10 Å². The first-order chi connectivity index (χ1) is 13.1. The van der Waals surface area contributed by atoms with Crippen molar-refractivity contribution in [3.8, 4) is 5.69 Å². The van der Waals surface area contributed by atoms with Gasteiger partial charge in [0.15, 0.2) is 5.96 Å². The fourth-order valence-electron chi connectivity index (χ4n) is 3.51. The molecular weight excluding hydrogens is 336 g/mol. The molecule has 0 amide bonds. The van der Waals surface area contributed by atoms with Crippen molar-refractivity contribution >= 4 is 5.96 Å². The average molecular weight is 369 g/mol. The lowest BCUT2D eigenvalue weighted by molar-refractivity contribution is 0.0982. The van der Waals surface area contributed by atoms with Crippen molar-refractivity contribution in [1.82, 2.24) is 25.3 Å². The van der Waals surface area contributed by atoms with E-state index in [2.05, 4.69) is 63.7 Å². The third kappa shape index (κ3) is 5.32. The van der Waals surface area contributed by atoms with E-state index in [1.807, 2.05) is 24.0 Å². The summed E-state index contributed by atoms with van der Waals surface area (Å²) in [6.07, 6.45) is 7.72. The van der Waals surface area contributed by atoms with Gasteiger partial charge in [0.1, 0.15) is 0 Å². The van der Waals surface area contributed by atoms with Crippen molar-refractivity contribution < 1.29 is 0 Å². The molecule has 6 heteroatoms. The lowest BCUT2D eigenvalue weighted by atomic mass is 9.98. The topological polar surface area (TPSA) is 57.5 Å². The second kappa shape index (κ2) is 9.04. The zero-order valence-electron chi connectivity index (χ0n) is 16.8. The van der Waals surface area contributed by atoms with Gasteiger partial charge in [-0.15, -0.1) is 0 Å². The van der Waals surface area contributed by atoms with E-state index in [4.69, 9.17) is 0 Å². The van der Waals surface area contributed by atoms with Crippen LogP contribution in [0.1, 0.15) is 38.7 Å². The lowest BCUT2D eigenvalue weighted by Crippen LogP contribution is -2.54. The van der Waals surface area contributed by atoms with E-state index in [-0.39, 0.29) is 5.54 Å². The Balaban J connectivity index is 1.49. The minimum Gasteiger partial charge on any atom is -0.355 e. The van der Waals surface area contributed by atoms with E-state index in [1.165, 1.54) is 37.9 Å². The van der Waals surface area contributed by atoms with E-state index in [9.17, 15) is 0 Å². The van der Waals surface area contributed by atoms with Crippen molar-refractivity contribution in [1.29, 1.82) is 0 Å². The number of likely N-dealkylation sites (tertiary alicyclic amines) is 1. The van der Waals surface area contributed by atoms with Gasteiger partial charge in [-0.25, -0.2) is 4.68 Å². The van der Waals surface area contributed by atoms with Crippen LogP contribution < -0.4 is 10.6 Å². The summed E-state index contributed by atoms with van der Waals surface area (Å²) < 4.78 is 1.86. The number of hydrogen-bond acceptors (Lipinski definition) is 3.